The predicted octanol–water partition coefficient (Wildman–Crippen LogP) is 3.49. The van der Waals surface area contributed by atoms with E-state index in [0.717, 1.165) is 11.1 Å². The fourth-order valence-corrected chi connectivity index (χ4v) is 1.51. The van der Waals surface area contributed by atoms with Crippen molar-refractivity contribution in [2.75, 3.05) is 6.61 Å². The van der Waals surface area contributed by atoms with Crippen molar-refractivity contribution in [1.82, 2.24) is 4.90 Å². The first-order valence-corrected chi connectivity index (χ1v) is 5.70. The van der Waals surface area contributed by atoms with E-state index in [1.807, 2.05) is 31.2 Å². The number of aryl methyl sites for hydroxylation is 1. The van der Waals surface area contributed by atoms with Crippen LogP contribution in [0.2, 0.25) is 0 Å². The first-order chi connectivity index (χ1) is 8.06. The zero-order chi connectivity index (χ0) is 12.8. The van der Waals surface area contributed by atoms with Gasteiger partial charge in [-0.1, -0.05) is 30.8 Å². The lowest BCUT2D eigenvalue weighted by Crippen LogP contribution is -2.29. The number of nitrogens with zero attached hydrogens (tertiary/aromatic N) is 1. The van der Waals surface area contributed by atoms with Gasteiger partial charge in [0.05, 0.1) is 13.2 Å². The Balaban J connectivity index is 2.84. The molecular weight excluding hydrogens is 214 g/mol. The number of ether oxygens (including phenoxy) is 1. The molecule has 0 unspecified atom stereocenters. The van der Waals surface area contributed by atoms with Crippen LogP contribution in [-0.2, 0) is 11.3 Å². The molecule has 92 valence electrons. The van der Waals surface area contributed by atoms with Crippen LogP contribution in [0.15, 0.2) is 36.5 Å². The molecule has 0 radical (unpaired) electrons. The Morgan fingerprint density at radius 2 is 2.06 bits per heavy atom. The molecule has 0 atom stereocenters. The molecule has 0 N–H and O–H groups in total. The zero-order valence-corrected chi connectivity index (χ0v) is 10.7. The lowest BCUT2D eigenvalue weighted by Gasteiger charge is -2.22. The van der Waals surface area contributed by atoms with Crippen LogP contribution in [0.1, 0.15) is 25.0 Å². The molecule has 0 aliphatic carbocycles. The highest BCUT2D eigenvalue weighted by Crippen LogP contribution is 2.14. The maximum absolute atomic E-state index is 11.7. The average Bonchev–Trinajstić information content (AvgIpc) is 2.27. The van der Waals surface area contributed by atoms with E-state index in [0.29, 0.717) is 18.8 Å². The Labute approximate surface area is 103 Å². The highest BCUT2D eigenvalue weighted by Gasteiger charge is 2.16. The molecule has 1 rings (SSSR count). The second-order valence-electron chi connectivity index (χ2n) is 3.95. The maximum atomic E-state index is 11.7. The summed E-state index contributed by atoms with van der Waals surface area (Å²) < 4.78 is 5.00. The summed E-state index contributed by atoms with van der Waals surface area (Å²) in [6.45, 7) is 10.3. The van der Waals surface area contributed by atoms with Crippen molar-refractivity contribution >= 4 is 6.09 Å². The van der Waals surface area contributed by atoms with Crippen molar-refractivity contribution in [3.63, 3.8) is 0 Å². The number of allylic oxidation sites excluding steroid dienone is 1. The number of hydrogen-bond acceptors (Lipinski definition) is 2. The molecule has 0 aromatic heterocycles. The Morgan fingerprint density at radius 1 is 1.41 bits per heavy atom. The fraction of sp³-hybridized carbons (Fsp3) is 0.357. The van der Waals surface area contributed by atoms with Crippen LogP contribution in [0.25, 0.3) is 0 Å². The van der Waals surface area contributed by atoms with Gasteiger partial charge >= 0.3 is 6.09 Å². The van der Waals surface area contributed by atoms with E-state index < -0.39 is 0 Å². The quantitative estimate of drug-likeness (QED) is 0.796. The summed E-state index contributed by atoms with van der Waals surface area (Å²) in [6, 6.07) is 7.97. The summed E-state index contributed by atoms with van der Waals surface area (Å²) in [4.78, 5) is 13.3. The molecule has 0 aliphatic rings. The first kappa shape index (κ1) is 13.3. The highest BCUT2D eigenvalue weighted by molar-refractivity contribution is 5.69. The summed E-state index contributed by atoms with van der Waals surface area (Å²) >= 11 is 0. The van der Waals surface area contributed by atoms with E-state index in [1.54, 1.807) is 18.7 Å². The van der Waals surface area contributed by atoms with Crippen molar-refractivity contribution in [2.24, 2.45) is 0 Å². The van der Waals surface area contributed by atoms with Gasteiger partial charge in [0.1, 0.15) is 0 Å². The van der Waals surface area contributed by atoms with Crippen LogP contribution >= 0.6 is 0 Å². The van der Waals surface area contributed by atoms with Crippen molar-refractivity contribution in [2.45, 2.75) is 27.3 Å². The van der Waals surface area contributed by atoms with Crippen molar-refractivity contribution in [1.29, 1.82) is 0 Å². The molecule has 17 heavy (non-hydrogen) atoms. The van der Waals surface area contributed by atoms with E-state index in [4.69, 9.17) is 4.74 Å². The van der Waals surface area contributed by atoms with Gasteiger partial charge in [0.15, 0.2) is 0 Å². The van der Waals surface area contributed by atoms with Gasteiger partial charge < -0.3 is 4.74 Å². The van der Waals surface area contributed by atoms with Gasteiger partial charge in [0.2, 0.25) is 0 Å². The molecule has 1 amide bonds. The molecular formula is C14H19NO2. The third-order valence-electron chi connectivity index (χ3n) is 2.54. The standard InChI is InChI=1S/C14H19NO2/c1-5-17-14(16)15(11(2)3)10-13-9-7-6-8-12(13)4/h6-9H,2,5,10H2,1,3-4H3. The van der Waals surface area contributed by atoms with Crippen molar-refractivity contribution in [3.8, 4) is 0 Å². The third-order valence-corrected chi connectivity index (χ3v) is 2.54. The maximum Gasteiger partial charge on any atom is 0.414 e. The molecule has 3 nitrogen and oxygen atoms in total. The summed E-state index contributed by atoms with van der Waals surface area (Å²) in [6.07, 6.45) is -0.344. The van der Waals surface area contributed by atoms with Crippen LogP contribution in [-0.4, -0.2) is 17.6 Å². The molecule has 0 bridgehead atoms. The van der Waals surface area contributed by atoms with Gasteiger partial charge in [-0.3, -0.25) is 4.90 Å². The Hall–Kier alpha value is -1.77. The second kappa shape index (κ2) is 6.09. The second-order valence-corrected chi connectivity index (χ2v) is 3.95. The summed E-state index contributed by atoms with van der Waals surface area (Å²) in [5, 5.41) is 0. The Morgan fingerprint density at radius 3 is 2.59 bits per heavy atom. The van der Waals surface area contributed by atoms with E-state index in [-0.39, 0.29) is 6.09 Å². The number of hydrogen-bond donors (Lipinski definition) is 0. The summed E-state index contributed by atoms with van der Waals surface area (Å²) in [5.74, 6) is 0. The van der Waals surface area contributed by atoms with Gasteiger partial charge in [-0.25, -0.2) is 4.79 Å². The lowest BCUT2D eigenvalue weighted by molar-refractivity contribution is 0.116. The number of rotatable bonds is 4. The fourth-order valence-electron chi connectivity index (χ4n) is 1.51. The van der Waals surface area contributed by atoms with Crippen LogP contribution < -0.4 is 0 Å². The SMILES string of the molecule is C=C(C)N(Cc1ccccc1C)C(=O)OCC. The molecule has 0 spiro atoms. The Kier molecular flexibility index (Phi) is 4.76. The lowest BCUT2D eigenvalue weighted by atomic mass is 10.1. The van der Waals surface area contributed by atoms with E-state index >= 15 is 0 Å². The minimum atomic E-state index is -0.344. The van der Waals surface area contributed by atoms with E-state index in [1.165, 1.54) is 0 Å². The molecule has 1 aromatic carbocycles. The number of benzene rings is 1. The molecule has 0 heterocycles. The molecule has 0 saturated heterocycles. The van der Waals surface area contributed by atoms with Gasteiger partial charge in [-0.15, -0.1) is 0 Å². The monoisotopic (exact) mass is 233 g/mol. The predicted molar refractivity (Wildman–Crippen MR) is 68.6 cm³/mol. The number of carbonyl (C=O) groups is 1. The van der Waals surface area contributed by atoms with E-state index in [9.17, 15) is 4.79 Å². The van der Waals surface area contributed by atoms with Crippen LogP contribution in [0, 0.1) is 6.92 Å². The van der Waals surface area contributed by atoms with Crippen molar-refractivity contribution in [3.05, 3.63) is 47.7 Å². The van der Waals surface area contributed by atoms with Crippen molar-refractivity contribution < 1.29 is 9.53 Å². The summed E-state index contributed by atoms with van der Waals surface area (Å²) in [7, 11) is 0. The largest absolute Gasteiger partial charge is 0.449 e. The van der Waals surface area contributed by atoms with Gasteiger partial charge in [0, 0.05) is 5.70 Å². The van der Waals surface area contributed by atoms with Crippen LogP contribution in [0.4, 0.5) is 4.79 Å². The molecule has 1 aromatic rings. The molecule has 3 heteroatoms. The number of amides is 1. The highest BCUT2D eigenvalue weighted by atomic mass is 16.6. The van der Waals surface area contributed by atoms with Crippen LogP contribution in [0.3, 0.4) is 0 Å². The first-order valence-electron chi connectivity index (χ1n) is 5.70. The number of carbonyl (C=O) groups excluding carboxylic acids is 1. The van der Waals surface area contributed by atoms with E-state index in [2.05, 4.69) is 6.58 Å². The topological polar surface area (TPSA) is 29.5 Å². The van der Waals surface area contributed by atoms with Crippen LogP contribution in [0.5, 0.6) is 0 Å². The van der Waals surface area contributed by atoms with Gasteiger partial charge in [-0.05, 0) is 31.9 Å². The minimum absolute atomic E-state index is 0.344. The summed E-state index contributed by atoms with van der Waals surface area (Å²) in [5.41, 5.74) is 2.94. The van der Waals surface area contributed by atoms with Gasteiger partial charge in [-0.2, -0.15) is 0 Å². The Bertz CT molecular complexity index is 412. The third kappa shape index (κ3) is 3.63. The normalized spacial score (nSPS) is 9.82. The van der Waals surface area contributed by atoms with Gasteiger partial charge in [0.25, 0.3) is 0 Å². The molecule has 0 aliphatic heterocycles. The molecule has 0 saturated carbocycles. The minimum Gasteiger partial charge on any atom is -0.449 e. The average molecular weight is 233 g/mol. The molecule has 0 fully saturated rings. The zero-order valence-electron chi connectivity index (χ0n) is 10.7. The smallest absolute Gasteiger partial charge is 0.414 e.